The molecule has 3 N–H and O–H groups in total. The molecule has 0 atom stereocenters. The third kappa shape index (κ3) is 22.1. The molecular weight excluding hydrogens is 1630 g/mol. The van der Waals surface area contributed by atoms with Gasteiger partial charge in [0.25, 0.3) is 0 Å². The van der Waals surface area contributed by atoms with Crippen LogP contribution in [0.3, 0.4) is 0 Å². The number of aliphatic hydroxyl groups excluding tert-OH is 2. The second-order valence-electron chi connectivity index (χ2n) is 21.2. The van der Waals surface area contributed by atoms with E-state index in [0.29, 0.717) is 56.2 Å². The summed E-state index contributed by atoms with van der Waals surface area (Å²) >= 11 is 0. The van der Waals surface area contributed by atoms with Crippen molar-refractivity contribution in [3.63, 3.8) is 0 Å². The molecule has 14 rings (SSSR count). The normalized spacial score (nSPS) is 12.9. The molecule has 8 aromatic heterocycles. The number of fused-ring (bicyclic) bond motifs is 6. The molecule has 0 saturated heterocycles. The van der Waals surface area contributed by atoms with E-state index in [2.05, 4.69) is 66.3 Å². The Morgan fingerprint density at radius 3 is 1.37 bits per heavy atom. The Balaban J connectivity index is 0.000000243. The summed E-state index contributed by atoms with van der Waals surface area (Å²) in [6.45, 7) is 1.34. The second kappa shape index (κ2) is 38.8. The van der Waals surface area contributed by atoms with Gasteiger partial charge in [-0.25, -0.2) is 21.1 Å². The maximum absolute atomic E-state index is 10.7. The predicted octanol–water partition coefficient (Wildman–Crippen LogP) is 19.3. The van der Waals surface area contributed by atoms with Crippen LogP contribution in [0.5, 0.6) is 0 Å². The smallest absolute Gasteiger partial charge is 0.486 e. The van der Waals surface area contributed by atoms with Gasteiger partial charge in [-0.3, -0.25) is 9.54 Å². The molecule has 99 heavy (non-hydrogen) atoms. The fourth-order valence-corrected chi connectivity index (χ4v) is 9.18. The average Bonchev–Trinajstić information content (AvgIpc) is 1.64. The van der Waals surface area contributed by atoms with Gasteiger partial charge in [0.05, 0.1) is 11.3 Å². The molecule has 0 spiro atoms. The van der Waals surface area contributed by atoms with Gasteiger partial charge in [-0.1, -0.05) is 93.5 Å². The molecule has 1 radical (unpaired) electrons. The van der Waals surface area contributed by atoms with E-state index in [-0.39, 0.29) is 57.6 Å². The Kier molecular flexibility index (Phi) is 24.8. The van der Waals surface area contributed by atoms with E-state index in [1.807, 2.05) is 162 Å². The first-order valence-electron chi connectivity index (χ1n) is 35.7. The largest absolute Gasteiger partial charge is 3.00 e. The Labute approximate surface area is 620 Å². The summed E-state index contributed by atoms with van der Waals surface area (Å²) in [6, 6.07) is 70.9. The van der Waals surface area contributed by atoms with Gasteiger partial charge in [-0.15, -0.1) is 102 Å². The number of hydrogen-bond acceptors (Lipinski definition) is 12. The number of nitrogens with zero attached hydrogens (tertiary/aromatic N) is 6. The zero-order chi connectivity index (χ0) is 80.2. The van der Waals surface area contributed by atoms with E-state index in [1.54, 1.807) is 73.3 Å². The molecule has 0 saturated carbocycles. The van der Waals surface area contributed by atoms with E-state index in [4.69, 9.17) is 48.5 Å². The molecule has 19 heteroatoms. The molecule has 0 unspecified atom stereocenters. The fourth-order valence-electron chi connectivity index (χ4n) is 9.18. The summed E-state index contributed by atoms with van der Waals surface area (Å²) in [4.78, 5) is 26.0. The van der Waals surface area contributed by atoms with Crippen molar-refractivity contribution in [1.29, 1.82) is 0 Å². The van der Waals surface area contributed by atoms with Gasteiger partial charge in [0.2, 0.25) is 11.4 Å². The minimum atomic E-state index is -5.84. The molecule has 0 aliphatic heterocycles. The van der Waals surface area contributed by atoms with Crippen LogP contribution in [-0.4, -0.2) is 72.8 Å². The predicted molar refractivity (Wildman–Crippen MR) is 381 cm³/mol. The van der Waals surface area contributed by atoms with Crippen LogP contribution in [0.1, 0.15) is 94.9 Å². The van der Waals surface area contributed by atoms with Crippen LogP contribution < -0.4 is 0 Å². The summed E-state index contributed by atoms with van der Waals surface area (Å²) in [7, 11) is -3.84. The first-order chi connectivity index (χ1) is 51.5. The Bertz CT molecular complexity index is 5090. The SMILES string of the molecule is CO.CO.Cc1ccc(-c2[c-]cccc2)nc1.O=S(=O)(O)C(F)(F)F.[2H]C([2H])([2H])c1c[c-]c(-c2[c-]cccc2)cc1.[2H]C([2H])([2H])c1cc(-c2[c-]ccc3c2oc2ncccc23)ncc1C(C)C.[2H]C([2H])([2H])c1cc(-c2cccc3c2oc2ncccc23)ncc1C(C)C.[2H]C([2H])([2H])c1ccc(-c2[c-]cccc2)nc1.[Ir+3].[Ir]. The van der Waals surface area contributed by atoms with Gasteiger partial charge >= 0.3 is 35.7 Å². The molecule has 0 amide bonds. The second-order valence-corrected chi connectivity index (χ2v) is 22.6. The van der Waals surface area contributed by atoms with Crippen LogP contribution in [0.15, 0.2) is 228 Å². The molecule has 14 aromatic rings. The molecular formula is C80H74F3Ir2N6O7S-2. The van der Waals surface area contributed by atoms with Crippen molar-refractivity contribution in [2.24, 2.45) is 0 Å². The first kappa shape index (κ1) is 63.2. The number of alkyl halides is 3. The third-order valence-corrected chi connectivity index (χ3v) is 14.5. The number of pyridine rings is 6. The number of aliphatic hydroxyl groups is 2. The van der Waals surface area contributed by atoms with E-state index in [1.165, 1.54) is 17.8 Å². The quantitative estimate of drug-likeness (QED) is 0.0774. The number of rotatable bonds is 7. The third-order valence-electron chi connectivity index (χ3n) is 13.9. The zero-order valence-corrected chi connectivity index (χ0v) is 59.9. The van der Waals surface area contributed by atoms with Gasteiger partial charge in [0, 0.05) is 110 Å². The van der Waals surface area contributed by atoms with Crippen LogP contribution in [0.4, 0.5) is 13.2 Å². The number of halogens is 3. The average molecular weight is 1720 g/mol. The summed E-state index contributed by atoms with van der Waals surface area (Å²) in [5.74, 6) is 0.153. The summed E-state index contributed by atoms with van der Waals surface area (Å²) < 4.78 is 160. The minimum Gasteiger partial charge on any atom is -0.486 e. The van der Waals surface area contributed by atoms with Crippen molar-refractivity contribution in [2.45, 2.75) is 79.4 Å². The molecule has 0 fully saturated rings. The maximum Gasteiger partial charge on any atom is 3.00 e. The van der Waals surface area contributed by atoms with Crippen molar-refractivity contribution < 1.29 is 102 Å². The number of aromatic nitrogens is 6. The van der Waals surface area contributed by atoms with Crippen LogP contribution in [0.2, 0.25) is 0 Å². The molecule has 0 aliphatic carbocycles. The standard InChI is InChI=1S/C20H18N2O.C20H17N2O.C13H10.2C12H10N.CHF3O3S.2CH4O.2Ir/c2*1-12(2)17-11-22-18(10-13(17)3)16-7-4-6-14-15-8-5-9-21-20(15)23-19(14)16;1-11-7-9-13(10-8-11)12-5-3-2-4-6-12;2*1-10-7-8-12(13-9-10)11-5-3-2-4-6-11;2-1(3,4)8(5,6)7;2*1-2;;/h4-12H,1-3H3;4-6,8-12H,1-3H3;3*2-5,7-9H,1H3;(H,5,6,7);2*2H,1H3;;/q;-1;-2;2*-1;;;;;+3/i2*3D3;2*1D3;;;;;;. The molecule has 0 bridgehead atoms. The molecule has 6 aromatic carbocycles. The first-order valence-corrected chi connectivity index (χ1v) is 31.1. The minimum absolute atomic E-state index is 0. The van der Waals surface area contributed by atoms with E-state index in [0.717, 1.165) is 86.1 Å². The number of hydrogen-bond donors (Lipinski definition) is 3. The van der Waals surface area contributed by atoms with Crippen molar-refractivity contribution in [3.8, 4) is 56.2 Å². The zero-order valence-electron chi connectivity index (χ0n) is 66.3. The van der Waals surface area contributed by atoms with Gasteiger partial charge < -0.3 is 34.0 Å². The number of furan rings is 2. The molecule has 8 heterocycles. The van der Waals surface area contributed by atoms with Crippen LogP contribution in [0, 0.1) is 64.7 Å². The number of benzene rings is 6. The van der Waals surface area contributed by atoms with E-state index < -0.39 is 43.0 Å². The van der Waals surface area contributed by atoms with E-state index >= 15 is 0 Å². The topological polar surface area (TPSA) is 198 Å². The van der Waals surface area contributed by atoms with Gasteiger partial charge in [-0.2, -0.15) is 70.1 Å². The maximum atomic E-state index is 10.7. The summed E-state index contributed by atoms with van der Waals surface area (Å²) in [5, 5.41) is 17.7. The van der Waals surface area contributed by atoms with Crippen molar-refractivity contribution >= 4 is 54.3 Å². The van der Waals surface area contributed by atoms with Crippen molar-refractivity contribution in [3.05, 3.63) is 288 Å². The van der Waals surface area contributed by atoms with Crippen LogP contribution in [-0.2, 0) is 50.3 Å². The molecule has 0 aliphatic rings. The number of para-hydroxylation sites is 1. The summed E-state index contributed by atoms with van der Waals surface area (Å²) in [5.41, 5.74) is 8.63. The Hall–Kier alpha value is -9.26. The van der Waals surface area contributed by atoms with Crippen molar-refractivity contribution in [1.82, 2.24) is 29.9 Å². The Morgan fingerprint density at radius 2 is 0.919 bits per heavy atom. The van der Waals surface area contributed by atoms with Crippen LogP contribution >= 0.6 is 0 Å². The summed E-state index contributed by atoms with van der Waals surface area (Å²) in [6.07, 6.45) is 9.94. The van der Waals surface area contributed by atoms with Gasteiger partial charge in [0.15, 0.2) is 0 Å². The molecule has 513 valence electrons. The van der Waals surface area contributed by atoms with Gasteiger partial charge in [0.1, 0.15) is 5.58 Å². The van der Waals surface area contributed by atoms with E-state index in [9.17, 15) is 13.2 Å². The molecule has 13 nitrogen and oxygen atoms in total. The Morgan fingerprint density at radius 1 is 0.465 bits per heavy atom. The van der Waals surface area contributed by atoms with Crippen molar-refractivity contribution in [2.75, 3.05) is 14.2 Å². The monoisotopic (exact) mass is 1720 g/mol. The van der Waals surface area contributed by atoms with Gasteiger partial charge in [-0.05, 0) is 121 Å². The fraction of sp³-hybridized carbons (Fsp3) is 0.175. The van der Waals surface area contributed by atoms with Crippen LogP contribution in [0.25, 0.3) is 100 Å². The number of aryl methyl sites for hydroxylation is 5.